The zero-order valence-electron chi connectivity index (χ0n) is 13.6. The van der Waals surface area contributed by atoms with Crippen LogP contribution in [0.1, 0.15) is 23.1 Å². The molecule has 4 heterocycles. The smallest absolute Gasteiger partial charge is 0.136 e. The summed E-state index contributed by atoms with van der Waals surface area (Å²) < 4.78 is 4.32. The van der Waals surface area contributed by atoms with E-state index in [1.165, 1.54) is 11.3 Å². The van der Waals surface area contributed by atoms with E-state index in [2.05, 4.69) is 61.5 Å². The standard InChI is InChI=1S/C17H22N6/c1-13-3-4-16-20-9-14(23(16)11-13)12-22-8-5-18-10-15(22)17-19-6-7-21(17)2/h3-4,6-7,9,11,15,18H,5,8,10,12H2,1-2H3. The van der Waals surface area contributed by atoms with E-state index in [1.807, 2.05) is 18.6 Å². The van der Waals surface area contributed by atoms with Crippen LogP contribution in [-0.2, 0) is 13.6 Å². The molecule has 4 rings (SSSR count). The zero-order valence-corrected chi connectivity index (χ0v) is 13.6. The van der Waals surface area contributed by atoms with E-state index in [0.717, 1.165) is 37.7 Å². The summed E-state index contributed by atoms with van der Waals surface area (Å²) in [6.45, 7) is 5.95. The second-order valence-corrected chi connectivity index (χ2v) is 6.27. The monoisotopic (exact) mass is 310 g/mol. The summed E-state index contributed by atoms with van der Waals surface area (Å²) in [7, 11) is 2.06. The molecular weight excluding hydrogens is 288 g/mol. The van der Waals surface area contributed by atoms with Gasteiger partial charge in [0.25, 0.3) is 0 Å². The summed E-state index contributed by atoms with van der Waals surface area (Å²) in [5, 5.41) is 3.49. The summed E-state index contributed by atoms with van der Waals surface area (Å²) in [6, 6.07) is 4.47. The maximum absolute atomic E-state index is 4.55. The van der Waals surface area contributed by atoms with Crippen LogP contribution in [0.2, 0.25) is 0 Å². The molecule has 0 spiro atoms. The summed E-state index contributed by atoms with van der Waals surface area (Å²) in [4.78, 5) is 11.6. The fourth-order valence-corrected chi connectivity index (χ4v) is 3.35. The molecule has 23 heavy (non-hydrogen) atoms. The van der Waals surface area contributed by atoms with Crippen molar-refractivity contribution >= 4 is 5.65 Å². The van der Waals surface area contributed by atoms with Crippen LogP contribution in [-0.4, -0.2) is 43.5 Å². The van der Waals surface area contributed by atoms with Gasteiger partial charge in [0.1, 0.15) is 11.5 Å². The normalized spacial score (nSPS) is 19.5. The van der Waals surface area contributed by atoms with E-state index in [0.29, 0.717) is 6.04 Å². The molecule has 1 atom stereocenters. The zero-order chi connectivity index (χ0) is 15.8. The molecular formula is C17H22N6. The largest absolute Gasteiger partial charge is 0.337 e. The van der Waals surface area contributed by atoms with Crippen molar-refractivity contribution in [3.05, 3.63) is 54.0 Å². The van der Waals surface area contributed by atoms with Crippen molar-refractivity contribution in [1.82, 2.24) is 29.2 Å². The third-order valence-corrected chi connectivity index (χ3v) is 4.61. The maximum Gasteiger partial charge on any atom is 0.136 e. The van der Waals surface area contributed by atoms with Crippen molar-refractivity contribution in [2.45, 2.75) is 19.5 Å². The number of hydrogen-bond acceptors (Lipinski definition) is 4. The molecule has 1 fully saturated rings. The van der Waals surface area contributed by atoms with Gasteiger partial charge in [-0.15, -0.1) is 0 Å². The number of hydrogen-bond donors (Lipinski definition) is 1. The van der Waals surface area contributed by atoms with Crippen LogP contribution < -0.4 is 5.32 Å². The highest BCUT2D eigenvalue weighted by Gasteiger charge is 2.27. The first-order chi connectivity index (χ1) is 11.2. The Morgan fingerprint density at radius 1 is 1.30 bits per heavy atom. The summed E-state index contributed by atoms with van der Waals surface area (Å²) >= 11 is 0. The van der Waals surface area contributed by atoms with Crippen LogP contribution in [0.15, 0.2) is 36.9 Å². The number of aryl methyl sites for hydroxylation is 2. The Labute approximate surface area is 135 Å². The maximum atomic E-state index is 4.55. The van der Waals surface area contributed by atoms with Crippen LogP contribution in [0, 0.1) is 6.92 Å². The topological polar surface area (TPSA) is 50.4 Å². The molecule has 0 bridgehead atoms. The molecule has 120 valence electrons. The first-order valence-electron chi connectivity index (χ1n) is 8.07. The number of fused-ring (bicyclic) bond motifs is 1. The molecule has 6 heteroatoms. The average Bonchev–Trinajstić information content (AvgIpc) is 3.15. The van der Waals surface area contributed by atoms with Crippen molar-refractivity contribution in [2.24, 2.45) is 7.05 Å². The number of nitrogens with zero attached hydrogens (tertiary/aromatic N) is 5. The van der Waals surface area contributed by atoms with Gasteiger partial charge in [0, 0.05) is 51.8 Å². The predicted molar refractivity (Wildman–Crippen MR) is 89.2 cm³/mol. The number of pyridine rings is 1. The molecule has 1 aliphatic rings. The predicted octanol–water partition coefficient (Wildman–Crippen LogP) is 1.52. The minimum Gasteiger partial charge on any atom is -0.337 e. The molecule has 0 aliphatic carbocycles. The lowest BCUT2D eigenvalue weighted by molar-refractivity contribution is 0.142. The third-order valence-electron chi connectivity index (χ3n) is 4.61. The Morgan fingerprint density at radius 3 is 3.04 bits per heavy atom. The Kier molecular flexibility index (Phi) is 3.63. The molecule has 3 aromatic heterocycles. The lowest BCUT2D eigenvalue weighted by atomic mass is 10.1. The van der Waals surface area contributed by atoms with Gasteiger partial charge in [0.15, 0.2) is 0 Å². The second kappa shape index (κ2) is 5.79. The Hall–Kier alpha value is -2.18. The first kappa shape index (κ1) is 14.4. The van der Waals surface area contributed by atoms with Crippen LogP contribution in [0.4, 0.5) is 0 Å². The van der Waals surface area contributed by atoms with Gasteiger partial charge in [-0.1, -0.05) is 6.07 Å². The highest BCUT2D eigenvalue weighted by molar-refractivity contribution is 5.41. The Balaban J connectivity index is 1.65. The molecule has 0 saturated carbocycles. The van der Waals surface area contributed by atoms with Crippen molar-refractivity contribution in [3.8, 4) is 0 Å². The van der Waals surface area contributed by atoms with Crippen LogP contribution in [0.5, 0.6) is 0 Å². The summed E-state index contributed by atoms with van der Waals surface area (Å²) in [5.74, 6) is 1.11. The SMILES string of the molecule is Cc1ccc2ncc(CN3CCNCC3c3nccn3C)n2c1. The summed E-state index contributed by atoms with van der Waals surface area (Å²) in [6.07, 6.45) is 8.04. The molecule has 1 unspecified atom stereocenters. The lowest BCUT2D eigenvalue weighted by Gasteiger charge is -2.35. The number of rotatable bonds is 3. The summed E-state index contributed by atoms with van der Waals surface area (Å²) in [5.41, 5.74) is 3.48. The molecule has 1 saturated heterocycles. The van der Waals surface area contributed by atoms with Gasteiger partial charge in [-0.05, 0) is 18.6 Å². The third kappa shape index (κ3) is 2.64. The number of imidazole rings is 2. The molecule has 1 N–H and O–H groups in total. The van der Waals surface area contributed by atoms with Crippen molar-refractivity contribution < 1.29 is 0 Å². The van der Waals surface area contributed by atoms with Gasteiger partial charge in [0.05, 0.1) is 17.9 Å². The van der Waals surface area contributed by atoms with E-state index >= 15 is 0 Å². The first-order valence-corrected chi connectivity index (χ1v) is 8.07. The number of piperazine rings is 1. The van der Waals surface area contributed by atoms with E-state index in [1.54, 1.807) is 0 Å². The van der Waals surface area contributed by atoms with Crippen molar-refractivity contribution in [2.75, 3.05) is 19.6 Å². The van der Waals surface area contributed by atoms with E-state index in [9.17, 15) is 0 Å². The van der Waals surface area contributed by atoms with E-state index < -0.39 is 0 Å². The average molecular weight is 310 g/mol. The Morgan fingerprint density at radius 2 is 2.22 bits per heavy atom. The van der Waals surface area contributed by atoms with E-state index in [4.69, 9.17) is 0 Å². The van der Waals surface area contributed by atoms with Crippen molar-refractivity contribution in [1.29, 1.82) is 0 Å². The second-order valence-electron chi connectivity index (χ2n) is 6.27. The quantitative estimate of drug-likeness (QED) is 0.797. The Bertz CT molecular complexity index is 817. The van der Waals surface area contributed by atoms with E-state index in [-0.39, 0.29) is 0 Å². The lowest BCUT2D eigenvalue weighted by Crippen LogP contribution is -2.46. The fraction of sp³-hybridized carbons (Fsp3) is 0.412. The van der Waals surface area contributed by atoms with Gasteiger partial charge in [-0.3, -0.25) is 4.90 Å². The highest BCUT2D eigenvalue weighted by Crippen LogP contribution is 2.23. The number of aromatic nitrogens is 4. The minimum absolute atomic E-state index is 0.291. The van der Waals surface area contributed by atoms with Gasteiger partial charge in [-0.25, -0.2) is 9.97 Å². The molecule has 0 aromatic carbocycles. The van der Waals surface area contributed by atoms with Crippen molar-refractivity contribution in [3.63, 3.8) is 0 Å². The fourth-order valence-electron chi connectivity index (χ4n) is 3.35. The van der Waals surface area contributed by atoms with Crippen LogP contribution in [0.3, 0.4) is 0 Å². The van der Waals surface area contributed by atoms with Gasteiger partial charge in [0.2, 0.25) is 0 Å². The van der Waals surface area contributed by atoms with Gasteiger partial charge >= 0.3 is 0 Å². The van der Waals surface area contributed by atoms with Gasteiger partial charge < -0.3 is 14.3 Å². The molecule has 0 radical (unpaired) electrons. The highest BCUT2D eigenvalue weighted by atomic mass is 15.3. The number of nitrogens with one attached hydrogen (secondary N) is 1. The minimum atomic E-state index is 0.291. The van der Waals surface area contributed by atoms with Gasteiger partial charge in [-0.2, -0.15) is 0 Å². The molecule has 6 nitrogen and oxygen atoms in total. The van der Waals surface area contributed by atoms with Crippen LogP contribution >= 0.6 is 0 Å². The van der Waals surface area contributed by atoms with Crippen LogP contribution in [0.25, 0.3) is 5.65 Å². The molecule has 1 aliphatic heterocycles. The molecule has 3 aromatic rings. The molecule has 0 amide bonds.